The van der Waals surface area contributed by atoms with E-state index in [-0.39, 0.29) is 0 Å². The smallest absolute Gasteiger partial charge is 0.339 e. The molecule has 0 bridgehead atoms. The molecule has 0 saturated heterocycles. The van der Waals surface area contributed by atoms with E-state index in [1.54, 1.807) is 6.92 Å². The molecule has 16 heavy (non-hydrogen) atoms. The zero-order valence-corrected chi connectivity index (χ0v) is 9.02. The fourth-order valence-electron chi connectivity index (χ4n) is 1.31. The van der Waals surface area contributed by atoms with Crippen LogP contribution in [0.2, 0.25) is 0 Å². The van der Waals surface area contributed by atoms with Gasteiger partial charge in [-0.1, -0.05) is 6.08 Å². The van der Waals surface area contributed by atoms with Gasteiger partial charge < -0.3 is 14.3 Å². The summed E-state index contributed by atoms with van der Waals surface area (Å²) in [5.74, 6) is -0.183. The van der Waals surface area contributed by atoms with E-state index in [0.29, 0.717) is 23.5 Å². The van der Waals surface area contributed by atoms with Gasteiger partial charge in [0.25, 0.3) is 0 Å². The normalized spacial score (nSPS) is 10.6. The predicted molar refractivity (Wildman–Crippen MR) is 56.7 cm³/mol. The van der Waals surface area contributed by atoms with Gasteiger partial charge in [0.05, 0.1) is 13.2 Å². The van der Waals surface area contributed by atoms with Crippen molar-refractivity contribution in [2.45, 2.75) is 13.3 Å². The van der Waals surface area contributed by atoms with Crippen LogP contribution < -0.4 is 10.4 Å². The molecule has 0 atom stereocenters. The molecule has 86 valence electrons. The largest absolute Gasteiger partial charge is 0.496 e. The highest BCUT2D eigenvalue weighted by Crippen LogP contribution is 2.20. The van der Waals surface area contributed by atoms with Crippen LogP contribution in [-0.4, -0.2) is 18.2 Å². The first-order valence-electron chi connectivity index (χ1n) is 4.61. The zero-order chi connectivity index (χ0) is 12.1. The van der Waals surface area contributed by atoms with Gasteiger partial charge in [0.15, 0.2) is 0 Å². The highest BCUT2D eigenvalue weighted by Gasteiger charge is 2.08. The van der Waals surface area contributed by atoms with Crippen molar-refractivity contribution in [3.63, 3.8) is 0 Å². The van der Waals surface area contributed by atoms with Crippen LogP contribution in [0.3, 0.4) is 0 Å². The van der Waals surface area contributed by atoms with E-state index < -0.39 is 11.6 Å². The molecule has 0 aliphatic heterocycles. The maximum absolute atomic E-state index is 11.0. The predicted octanol–water partition coefficient (Wildman–Crippen LogP) is 1.14. The van der Waals surface area contributed by atoms with E-state index in [2.05, 4.69) is 0 Å². The molecule has 1 aromatic heterocycles. The number of hydrogen-bond donors (Lipinski definition) is 1. The van der Waals surface area contributed by atoms with Crippen LogP contribution in [0.25, 0.3) is 0 Å². The Balaban J connectivity index is 3.03. The summed E-state index contributed by atoms with van der Waals surface area (Å²) in [7, 11) is 1.44. The second kappa shape index (κ2) is 5.16. The molecule has 0 amide bonds. The average Bonchev–Trinajstić information content (AvgIpc) is 2.20. The van der Waals surface area contributed by atoms with Gasteiger partial charge in [0, 0.05) is 11.6 Å². The lowest BCUT2D eigenvalue weighted by molar-refractivity contribution is -0.131. The Bertz CT molecular complexity index is 470. The van der Waals surface area contributed by atoms with Crippen molar-refractivity contribution in [3.05, 3.63) is 40.0 Å². The summed E-state index contributed by atoms with van der Waals surface area (Å²) in [5.41, 5.74) is 0.180. The van der Waals surface area contributed by atoms with Gasteiger partial charge in [-0.25, -0.2) is 9.59 Å². The molecule has 5 heteroatoms. The Morgan fingerprint density at radius 3 is 2.88 bits per heavy atom. The van der Waals surface area contributed by atoms with Crippen molar-refractivity contribution in [1.29, 1.82) is 0 Å². The minimum atomic E-state index is -1.02. The number of ether oxygens (including phenoxy) is 1. The molecule has 1 N–H and O–H groups in total. The third-order valence-electron chi connectivity index (χ3n) is 2.03. The summed E-state index contributed by atoms with van der Waals surface area (Å²) in [5, 5.41) is 8.44. The second-order valence-electron chi connectivity index (χ2n) is 3.11. The van der Waals surface area contributed by atoms with Crippen LogP contribution in [0.4, 0.5) is 0 Å². The molecule has 0 spiro atoms. The molecule has 0 fully saturated rings. The van der Waals surface area contributed by atoms with Gasteiger partial charge in [0.2, 0.25) is 0 Å². The van der Waals surface area contributed by atoms with E-state index in [1.807, 2.05) is 0 Å². The molecule has 1 rings (SSSR count). The first kappa shape index (κ1) is 12.0. The van der Waals surface area contributed by atoms with Crippen LogP contribution >= 0.6 is 0 Å². The summed E-state index contributed by atoms with van der Waals surface area (Å²) < 4.78 is 9.91. The molecule has 1 aromatic rings. The Morgan fingerprint density at radius 1 is 1.62 bits per heavy atom. The van der Waals surface area contributed by atoms with Crippen LogP contribution in [-0.2, 0) is 11.2 Å². The standard InChI is InChI=1S/C11H12O5/c1-7-8(4-3-5-10(12)13)9(15-2)6-11(14)16-7/h3,5-6H,4H2,1-2H3,(H,12,13)/b5-3+. The molecular formula is C11H12O5. The van der Waals surface area contributed by atoms with Crippen molar-refractivity contribution >= 4 is 5.97 Å². The van der Waals surface area contributed by atoms with Crippen molar-refractivity contribution in [2.24, 2.45) is 0 Å². The fraction of sp³-hybridized carbons (Fsp3) is 0.273. The number of carbonyl (C=O) groups is 1. The fourth-order valence-corrected chi connectivity index (χ4v) is 1.31. The first-order chi connectivity index (χ1) is 7.54. The quantitative estimate of drug-likeness (QED) is 0.776. The topological polar surface area (TPSA) is 76.7 Å². The summed E-state index contributed by atoms with van der Waals surface area (Å²) in [6.07, 6.45) is 2.84. The maximum atomic E-state index is 11.0. The number of allylic oxidation sites excluding steroid dienone is 1. The number of carboxylic acids is 1. The van der Waals surface area contributed by atoms with Crippen LogP contribution in [0.1, 0.15) is 11.3 Å². The highest BCUT2D eigenvalue weighted by atomic mass is 16.5. The molecule has 5 nitrogen and oxygen atoms in total. The van der Waals surface area contributed by atoms with Crippen molar-refractivity contribution in [3.8, 4) is 5.75 Å². The summed E-state index contributed by atoms with van der Waals surface area (Å²) in [6.45, 7) is 1.63. The monoisotopic (exact) mass is 224 g/mol. The molecule has 0 aromatic carbocycles. The minimum absolute atomic E-state index is 0.338. The molecule has 0 aliphatic rings. The van der Waals surface area contributed by atoms with Crippen molar-refractivity contribution in [2.75, 3.05) is 7.11 Å². The average molecular weight is 224 g/mol. The van der Waals surface area contributed by atoms with Crippen molar-refractivity contribution in [1.82, 2.24) is 0 Å². The van der Waals surface area contributed by atoms with E-state index in [1.165, 1.54) is 19.3 Å². The zero-order valence-electron chi connectivity index (χ0n) is 9.02. The van der Waals surface area contributed by atoms with Crippen LogP contribution in [0.15, 0.2) is 27.4 Å². The molecule has 0 unspecified atom stereocenters. The van der Waals surface area contributed by atoms with Gasteiger partial charge >= 0.3 is 11.6 Å². The lowest BCUT2D eigenvalue weighted by atomic mass is 10.1. The Morgan fingerprint density at radius 2 is 2.31 bits per heavy atom. The molecule has 0 saturated carbocycles. The number of methoxy groups -OCH3 is 1. The SMILES string of the molecule is COc1cc(=O)oc(C)c1C/C=C/C(=O)O. The van der Waals surface area contributed by atoms with E-state index in [9.17, 15) is 9.59 Å². The third-order valence-corrected chi connectivity index (χ3v) is 2.03. The van der Waals surface area contributed by atoms with Crippen molar-refractivity contribution < 1.29 is 19.1 Å². The molecule has 1 heterocycles. The summed E-state index contributed by atoms with van der Waals surface area (Å²) >= 11 is 0. The first-order valence-corrected chi connectivity index (χ1v) is 4.61. The second-order valence-corrected chi connectivity index (χ2v) is 3.11. The van der Waals surface area contributed by atoms with Gasteiger partial charge in [-0.3, -0.25) is 0 Å². The number of rotatable bonds is 4. The summed E-state index contributed by atoms with van der Waals surface area (Å²) in [4.78, 5) is 21.3. The number of hydrogen-bond acceptors (Lipinski definition) is 4. The van der Waals surface area contributed by atoms with E-state index >= 15 is 0 Å². The van der Waals surface area contributed by atoms with Gasteiger partial charge in [-0.05, 0) is 13.3 Å². The van der Waals surface area contributed by atoms with Crippen LogP contribution in [0.5, 0.6) is 5.75 Å². The lowest BCUT2D eigenvalue weighted by Gasteiger charge is -2.07. The Hall–Kier alpha value is -2.04. The van der Waals surface area contributed by atoms with Gasteiger partial charge in [-0.15, -0.1) is 0 Å². The van der Waals surface area contributed by atoms with Crippen LogP contribution in [0, 0.1) is 6.92 Å². The van der Waals surface area contributed by atoms with E-state index in [0.717, 1.165) is 6.08 Å². The number of aliphatic carboxylic acids is 1. The summed E-state index contributed by atoms with van der Waals surface area (Å²) in [6, 6.07) is 1.23. The number of carboxylic acid groups (broad SMARTS) is 1. The van der Waals surface area contributed by atoms with Gasteiger partial charge in [-0.2, -0.15) is 0 Å². The minimum Gasteiger partial charge on any atom is -0.496 e. The van der Waals surface area contributed by atoms with E-state index in [4.69, 9.17) is 14.3 Å². The Labute approximate surface area is 92.0 Å². The Kier molecular flexibility index (Phi) is 3.88. The molecular weight excluding hydrogens is 212 g/mol. The maximum Gasteiger partial charge on any atom is 0.339 e. The molecule has 0 radical (unpaired) electrons. The number of aryl methyl sites for hydroxylation is 1. The third kappa shape index (κ3) is 2.98. The van der Waals surface area contributed by atoms with Gasteiger partial charge in [0.1, 0.15) is 11.5 Å². The lowest BCUT2D eigenvalue weighted by Crippen LogP contribution is -2.04. The highest BCUT2D eigenvalue weighted by molar-refractivity contribution is 5.79. The molecule has 0 aliphatic carbocycles.